The molecule has 10 heavy (non-hydrogen) atoms. The highest BCUT2D eigenvalue weighted by Gasteiger charge is 2.16. The van der Waals surface area contributed by atoms with Crippen LogP contribution in [0.4, 0.5) is 0 Å². The van der Waals surface area contributed by atoms with Gasteiger partial charge in [-0.3, -0.25) is 0 Å². The van der Waals surface area contributed by atoms with Gasteiger partial charge in [0.25, 0.3) is 0 Å². The van der Waals surface area contributed by atoms with Crippen molar-refractivity contribution in [2.24, 2.45) is 0 Å². The van der Waals surface area contributed by atoms with Gasteiger partial charge in [-0.2, -0.15) is 5.26 Å². The minimum atomic E-state index is -1.08. The first-order valence-electron chi connectivity index (χ1n) is 2.85. The van der Waals surface area contributed by atoms with Gasteiger partial charge in [0.1, 0.15) is 6.07 Å². The van der Waals surface area contributed by atoms with Crippen LogP contribution in [0.1, 0.15) is 6.92 Å². The number of methoxy groups -OCH3 is 1. The van der Waals surface area contributed by atoms with E-state index in [4.69, 9.17) is 5.26 Å². The molecule has 0 fully saturated rings. The van der Waals surface area contributed by atoms with Crippen molar-refractivity contribution in [3.8, 4) is 6.07 Å². The van der Waals surface area contributed by atoms with Crippen molar-refractivity contribution in [1.82, 2.24) is 0 Å². The number of rotatable bonds is 3. The van der Waals surface area contributed by atoms with E-state index in [0.29, 0.717) is 0 Å². The van der Waals surface area contributed by atoms with Gasteiger partial charge in [0.05, 0.1) is 6.61 Å². The van der Waals surface area contributed by atoms with Crippen molar-refractivity contribution in [1.29, 1.82) is 5.26 Å². The molecule has 0 rings (SSSR count). The second-order valence-electron chi connectivity index (χ2n) is 1.50. The summed E-state index contributed by atoms with van der Waals surface area (Å²) < 4.78 is 8.98. The van der Waals surface area contributed by atoms with Crippen molar-refractivity contribution in [2.75, 3.05) is 13.7 Å². The Morgan fingerprint density at radius 1 is 1.80 bits per heavy atom. The molecular weight excluding hydrogens is 134 g/mol. The summed E-state index contributed by atoms with van der Waals surface area (Å²) in [7, 11) is 1.28. The van der Waals surface area contributed by atoms with E-state index < -0.39 is 12.1 Å². The summed E-state index contributed by atoms with van der Waals surface area (Å²) in [6, 6.07) is 1.64. The van der Waals surface area contributed by atoms with E-state index in [9.17, 15) is 4.79 Å². The lowest BCUT2D eigenvalue weighted by molar-refractivity contribution is -0.151. The molecule has 56 valence electrons. The molecule has 1 atom stereocenters. The van der Waals surface area contributed by atoms with Crippen LogP contribution in [-0.4, -0.2) is 25.8 Å². The first kappa shape index (κ1) is 8.92. The van der Waals surface area contributed by atoms with Crippen LogP contribution in [0.15, 0.2) is 0 Å². The molecule has 0 aromatic rings. The molecule has 0 heterocycles. The standard InChI is InChI=1S/C6H9NO3/c1-3-10-6(8)5(4-7)9-2/h5H,3H2,1-2H3. The Kier molecular flexibility index (Phi) is 4.25. The van der Waals surface area contributed by atoms with Crippen LogP contribution >= 0.6 is 0 Å². The number of nitriles is 1. The van der Waals surface area contributed by atoms with Crippen LogP contribution in [0.25, 0.3) is 0 Å². The maximum atomic E-state index is 10.6. The number of carbonyl (C=O) groups excluding carboxylic acids is 1. The third-order valence-corrected chi connectivity index (χ3v) is 0.854. The molecule has 1 unspecified atom stereocenters. The minimum absolute atomic E-state index is 0.264. The molecule has 0 aromatic carbocycles. The summed E-state index contributed by atoms with van der Waals surface area (Å²) >= 11 is 0. The van der Waals surface area contributed by atoms with Gasteiger partial charge in [-0.05, 0) is 6.92 Å². The SMILES string of the molecule is CCOC(=O)C(C#N)OC. The zero-order valence-corrected chi connectivity index (χ0v) is 5.96. The van der Waals surface area contributed by atoms with E-state index in [1.807, 2.05) is 0 Å². The monoisotopic (exact) mass is 143 g/mol. The molecule has 0 spiro atoms. The topological polar surface area (TPSA) is 59.3 Å². The average Bonchev–Trinajstić information content (AvgIpc) is 1.91. The van der Waals surface area contributed by atoms with Crippen molar-refractivity contribution >= 4 is 5.97 Å². The Morgan fingerprint density at radius 3 is 2.70 bits per heavy atom. The summed E-state index contributed by atoms with van der Waals surface area (Å²) in [5.41, 5.74) is 0. The fourth-order valence-corrected chi connectivity index (χ4v) is 0.420. The van der Waals surface area contributed by atoms with E-state index in [1.165, 1.54) is 7.11 Å². The summed E-state index contributed by atoms with van der Waals surface area (Å²) in [6.07, 6.45) is -1.08. The Balaban J connectivity index is 3.80. The number of esters is 1. The molecule has 0 radical (unpaired) electrons. The van der Waals surface area contributed by atoms with Gasteiger partial charge in [0.15, 0.2) is 0 Å². The zero-order chi connectivity index (χ0) is 7.98. The van der Waals surface area contributed by atoms with E-state index in [2.05, 4.69) is 9.47 Å². The van der Waals surface area contributed by atoms with Crippen LogP contribution in [-0.2, 0) is 14.3 Å². The number of nitrogens with zero attached hydrogens (tertiary/aromatic N) is 1. The van der Waals surface area contributed by atoms with Crippen LogP contribution in [0.5, 0.6) is 0 Å². The maximum absolute atomic E-state index is 10.6. The number of hydrogen-bond acceptors (Lipinski definition) is 4. The molecule has 0 N–H and O–H groups in total. The molecular formula is C6H9NO3. The lowest BCUT2D eigenvalue weighted by Crippen LogP contribution is -2.23. The lowest BCUT2D eigenvalue weighted by Gasteiger charge is -2.04. The third-order valence-electron chi connectivity index (χ3n) is 0.854. The molecule has 0 saturated heterocycles. The number of ether oxygens (including phenoxy) is 2. The zero-order valence-electron chi connectivity index (χ0n) is 5.96. The quantitative estimate of drug-likeness (QED) is 0.525. The first-order valence-corrected chi connectivity index (χ1v) is 2.85. The normalized spacial score (nSPS) is 11.7. The first-order chi connectivity index (χ1) is 4.76. The molecule has 0 aliphatic rings. The summed E-state index contributed by atoms with van der Waals surface area (Å²) in [4.78, 5) is 10.6. The number of hydrogen-bond donors (Lipinski definition) is 0. The highest BCUT2D eigenvalue weighted by atomic mass is 16.6. The van der Waals surface area contributed by atoms with Crippen molar-refractivity contribution < 1.29 is 14.3 Å². The molecule has 0 aliphatic carbocycles. The average molecular weight is 143 g/mol. The largest absolute Gasteiger partial charge is 0.463 e. The lowest BCUT2D eigenvalue weighted by atomic mass is 10.4. The molecule has 4 heteroatoms. The van der Waals surface area contributed by atoms with Gasteiger partial charge in [-0.25, -0.2) is 4.79 Å². The highest BCUT2D eigenvalue weighted by Crippen LogP contribution is 1.90. The van der Waals surface area contributed by atoms with E-state index in [-0.39, 0.29) is 6.61 Å². The fourth-order valence-electron chi connectivity index (χ4n) is 0.420. The van der Waals surface area contributed by atoms with Crippen LogP contribution < -0.4 is 0 Å². The number of carbonyl (C=O) groups is 1. The predicted octanol–water partition coefficient (Wildman–Crippen LogP) is 0.0881. The fraction of sp³-hybridized carbons (Fsp3) is 0.667. The van der Waals surface area contributed by atoms with Crippen LogP contribution in [0, 0.1) is 11.3 Å². The van der Waals surface area contributed by atoms with Crippen LogP contribution in [0.3, 0.4) is 0 Å². The molecule has 0 aliphatic heterocycles. The van der Waals surface area contributed by atoms with Crippen molar-refractivity contribution in [2.45, 2.75) is 13.0 Å². The minimum Gasteiger partial charge on any atom is -0.463 e. The second kappa shape index (κ2) is 4.77. The second-order valence-corrected chi connectivity index (χ2v) is 1.50. The van der Waals surface area contributed by atoms with E-state index in [0.717, 1.165) is 0 Å². The molecule has 0 saturated carbocycles. The van der Waals surface area contributed by atoms with Gasteiger partial charge in [-0.1, -0.05) is 0 Å². The molecule has 0 aromatic heterocycles. The van der Waals surface area contributed by atoms with Crippen molar-refractivity contribution in [3.05, 3.63) is 0 Å². The van der Waals surface area contributed by atoms with Crippen molar-refractivity contribution in [3.63, 3.8) is 0 Å². The maximum Gasteiger partial charge on any atom is 0.350 e. The summed E-state index contributed by atoms with van der Waals surface area (Å²) in [6.45, 7) is 1.93. The third kappa shape index (κ3) is 2.46. The molecule has 0 bridgehead atoms. The smallest absolute Gasteiger partial charge is 0.350 e. The van der Waals surface area contributed by atoms with E-state index in [1.54, 1.807) is 13.0 Å². The van der Waals surface area contributed by atoms with E-state index >= 15 is 0 Å². The van der Waals surface area contributed by atoms with Gasteiger partial charge >= 0.3 is 5.97 Å². The molecule has 0 amide bonds. The Labute approximate surface area is 59.3 Å². The van der Waals surface area contributed by atoms with Crippen LogP contribution in [0.2, 0.25) is 0 Å². The van der Waals surface area contributed by atoms with Gasteiger partial charge in [0.2, 0.25) is 6.10 Å². The Hall–Kier alpha value is -1.08. The Bertz CT molecular complexity index is 150. The predicted molar refractivity (Wildman–Crippen MR) is 33.0 cm³/mol. The van der Waals surface area contributed by atoms with Gasteiger partial charge < -0.3 is 9.47 Å². The Morgan fingerprint density at radius 2 is 2.40 bits per heavy atom. The summed E-state index contributed by atoms with van der Waals surface area (Å²) in [5, 5.41) is 8.25. The highest BCUT2D eigenvalue weighted by molar-refractivity contribution is 5.77. The van der Waals surface area contributed by atoms with Gasteiger partial charge in [0, 0.05) is 7.11 Å². The molecule has 4 nitrogen and oxygen atoms in total. The van der Waals surface area contributed by atoms with Gasteiger partial charge in [-0.15, -0.1) is 0 Å². The summed E-state index contributed by atoms with van der Waals surface area (Å²) in [5.74, 6) is -0.632.